The lowest BCUT2D eigenvalue weighted by Gasteiger charge is -2.38. The number of sulfonamides is 1. The lowest BCUT2D eigenvalue weighted by molar-refractivity contribution is 0.244. The van der Waals surface area contributed by atoms with Gasteiger partial charge in [-0.25, -0.2) is 12.7 Å². The summed E-state index contributed by atoms with van der Waals surface area (Å²) in [7, 11) is -3.05. The highest BCUT2D eigenvalue weighted by atomic mass is 32.2. The van der Waals surface area contributed by atoms with Crippen LogP contribution in [0, 0.1) is 0 Å². The largest absolute Gasteiger partial charge is 0.261 e. The molecule has 0 amide bonds. The van der Waals surface area contributed by atoms with Gasteiger partial charge in [0.15, 0.2) is 0 Å². The Morgan fingerprint density at radius 1 is 1.32 bits per heavy atom. The molecule has 0 radical (unpaired) electrons. The van der Waals surface area contributed by atoms with Crippen molar-refractivity contribution in [3.05, 3.63) is 30.1 Å². The number of rotatable bonds is 4. The average molecular weight is 282 g/mol. The van der Waals surface area contributed by atoms with E-state index in [4.69, 9.17) is 0 Å². The fraction of sp³-hybridized carbons (Fsp3) is 0.643. The van der Waals surface area contributed by atoms with E-state index in [0.717, 1.165) is 18.5 Å². The summed E-state index contributed by atoms with van der Waals surface area (Å²) in [6, 6.07) is 5.94. The van der Waals surface area contributed by atoms with Crippen LogP contribution < -0.4 is 0 Å². The van der Waals surface area contributed by atoms with E-state index in [1.165, 1.54) is 0 Å². The Bertz CT molecular complexity index is 506. The van der Waals surface area contributed by atoms with Gasteiger partial charge in [0, 0.05) is 30.4 Å². The molecule has 5 heteroatoms. The van der Waals surface area contributed by atoms with E-state index in [-0.39, 0.29) is 11.2 Å². The van der Waals surface area contributed by atoms with Crippen LogP contribution >= 0.6 is 0 Å². The van der Waals surface area contributed by atoms with E-state index in [0.29, 0.717) is 19.5 Å². The molecule has 0 atom stereocenters. The maximum atomic E-state index is 12.0. The van der Waals surface area contributed by atoms with Crippen LogP contribution in [-0.4, -0.2) is 36.5 Å². The van der Waals surface area contributed by atoms with Crippen molar-refractivity contribution in [1.82, 2.24) is 9.29 Å². The van der Waals surface area contributed by atoms with Gasteiger partial charge in [0.2, 0.25) is 10.0 Å². The standard InChI is InChI=1S/C14H22N2O2S/c1-3-12-19(17,18)16-10-7-14(2,8-11-16)13-6-4-5-9-15-13/h4-6,9H,3,7-8,10-12H2,1-2H3. The van der Waals surface area contributed by atoms with E-state index in [2.05, 4.69) is 11.9 Å². The highest BCUT2D eigenvalue weighted by Gasteiger charge is 2.36. The highest BCUT2D eigenvalue weighted by molar-refractivity contribution is 7.89. The SMILES string of the molecule is CCCS(=O)(=O)N1CCC(C)(c2ccccn2)CC1. The molecular weight excluding hydrogens is 260 g/mol. The second-order valence-corrected chi connectivity index (χ2v) is 7.58. The molecule has 0 bridgehead atoms. The summed E-state index contributed by atoms with van der Waals surface area (Å²) >= 11 is 0. The maximum absolute atomic E-state index is 12.0. The number of pyridine rings is 1. The normalized spacial score (nSPS) is 20.3. The molecule has 1 aliphatic heterocycles. The predicted molar refractivity (Wildman–Crippen MR) is 76.5 cm³/mol. The molecule has 1 aromatic heterocycles. The summed E-state index contributed by atoms with van der Waals surface area (Å²) in [5.74, 6) is 0.257. The summed E-state index contributed by atoms with van der Waals surface area (Å²) in [4.78, 5) is 4.43. The summed E-state index contributed by atoms with van der Waals surface area (Å²) in [5, 5.41) is 0. The molecule has 1 aromatic rings. The van der Waals surface area contributed by atoms with Crippen LogP contribution in [0.1, 0.15) is 38.8 Å². The van der Waals surface area contributed by atoms with Gasteiger partial charge in [-0.15, -0.1) is 0 Å². The molecule has 2 rings (SSSR count). The van der Waals surface area contributed by atoms with Crippen molar-refractivity contribution >= 4 is 10.0 Å². The van der Waals surface area contributed by atoms with Crippen LogP contribution in [0.5, 0.6) is 0 Å². The molecule has 0 aliphatic carbocycles. The molecule has 19 heavy (non-hydrogen) atoms. The molecule has 0 unspecified atom stereocenters. The molecule has 0 N–H and O–H groups in total. The Hall–Kier alpha value is -0.940. The zero-order chi connectivity index (χ0) is 13.9. The van der Waals surface area contributed by atoms with Crippen molar-refractivity contribution in [2.75, 3.05) is 18.8 Å². The molecule has 0 saturated carbocycles. The van der Waals surface area contributed by atoms with E-state index in [1.807, 2.05) is 25.1 Å². The predicted octanol–water partition coefficient (Wildman–Crippen LogP) is 2.17. The first-order valence-corrected chi connectivity index (χ1v) is 8.48. The van der Waals surface area contributed by atoms with E-state index >= 15 is 0 Å². The third-order valence-electron chi connectivity index (χ3n) is 3.96. The Kier molecular flexibility index (Phi) is 4.26. The Morgan fingerprint density at radius 3 is 2.53 bits per heavy atom. The number of nitrogens with zero attached hydrogens (tertiary/aromatic N) is 2. The summed E-state index contributed by atoms with van der Waals surface area (Å²) in [5.41, 5.74) is 1.07. The van der Waals surface area contributed by atoms with E-state index in [1.54, 1.807) is 10.5 Å². The zero-order valence-electron chi connectivity index (χ0n) is 11.7. The van der Waals surface area contributed by atoms with Crippen molar-refractivity contribution in [3.63, 3.8) is 0 Å². The van der Waals surface area contributed by atoms with Crippen molar-refractivity contribution in [3.8, 4) is 0 Å². The molecule has 106 valence electrons. The lowest BCUT2D eigenvalue weighted by Crippen LogP contribution is -2.44. The molecular formula is C14H22N2O2S. The van der Waals surface area contributed by atoms with Gasteiger partial charge in [-0.3, -0.25) is 4.98 Å². The minimum Gasteiger partial charge on any atom is -0.261 e. The Balaban J connectivity index is 2.07. The molecule has 0 aromatic carbocycles. The van der Waals surface area contributed by atoms with E-state index in [9.17, 15) is 8.42 Å². The van der Waals surface area contributed by atoms with Gasteiger partial charge in [-0.1, -0.05) is 19.9 Å². The van der Waals surface area contributed by atoms with Gasteiger partial charge >= 0.3 is 0 Å². The fourth-order valence-electron chi connectivity index (χ4n) is 2.62. The van der Waals surface area contributed by atoms with Crippen molar-refractivity contribution in [2.24, 2.45) is 0 Å². The first kappa shape index (κ1) is 14.5. The third kappa shape index (κ3) is 3.15. The minimum absolute atomic E-state index is 0.000501. The highest BCUT2D eigenvalue weighted by Crippen LogP contribution is 2.34. The van der Waals surface area contributed by atoms with Crippen LogP contribution in [0.15, 0.2) is 24.4 Å². The molecule has 0 spiro atoms. The van der Waals surface area contributed by atoms with Crippen molar-refractivity contribution in [1.29, 1.82) is 0 Å². The van der Waals surface area contributed by atoms with E-state index < -0.39 is 10.0 Å². The van der Waals surface area contributed by atoms with Gasteiger partial charge < -0.3 is 0 Å². The number of piperidine rings is 1. The smallest absolute Gasteiger partial charge is 0.214 e. The summed E-state index contributed by atoms with van der Waals surface area (Å²) in [6.07, 6.45) is 4.16. The van der Waals surface area contributed by atoms with Crippen LogP contribution in [0.25, 0.3) is 0 Å². The maximum Gasteiger partial charge on any atom is 0.214 e. The summed E-state index contributed by atoms with van der Waals surface area (Å²) in [6.45, 7) is 5.30. The first-order chi connectivity index (χ1) is 8.98. The monoisotopic (exact) mass is 282 g/mol. The second kappa shape index (κ2) is 5.59. The molecule has 1 fully saturated rings. The number of hydrogen-bond donors (Lipinski definition) is 0. The zero-order valence-corrected chi connectivity index (χ0v) is 12.5. The molecule has 4 nitrogen and oxygen atoms in total. The lowest BCUT2D eigenvalue weighted by atomic mass is 9.78. The van der Waals surface area contributed by atoms with Gasteiger partial charge in [-0.2, -0.15) is 0 Å². The van der Waals surface area contributed by atoms with Gasteiger partial charge in [-0.05, 0) is 31.4 Å². The topological polar surface area (TPSA) is 50.3 Å². The van der Waals surface area contributed by atoms with Crippen LogP contribution in [-0.2, 0) is 15.4 Å². The number of aromatic nitrogens is 1. The average Bonchev–Trinajstić information content (AvgIpc) is 2.40. The van der Waals surface area contributed by atoms with Gasteiger partial charge in [0.25, 0.3) is 0 Å². The molecule has 1 saturated heterocycles. The van der Waals surface area contributed by atoms with Gasteiger partial charge in [0.05, 0.1) is 5.75 Å². The Morgan fingerprint density at radius 2 is 2.00 bits per heavy atom. The van der Waals surface area contributed by atoms with Crippen LogP contribution in [0.3, 0.4) is 0 Å². The van der Waals surface area contributed by atoms with Crippen LogP contribution in [0.2, 0.25) is 0 Å². The first-order valence-electron chi connectivity index (χ1n) is 6.87. The second-order valence-electron chi connectivity index (χ2n) is 5.49. The van der Waals surface area contributed by atoms with Crippen LogP contribution in [0.4, 0.5) is 0 Å². The summed E-state index contributed by atoms with van der Waals surface area (Å²) < 4.78 is 25.7. The molecule has 1 aliphatic rings. The fourth-order valence-corrected chi connectivity index (χ4v) is 4.13. The van der Waals surface area contributed by atoms with Crippen molar-refractivity contribution < 1.29 is 8.42 Å². The van der Waals surface area contributed by atoms with Gasteiger partial charge in [0.1, 0.15) is 0 Å². The molecule has 2 heterocycles. The number of hydrogen-bond acceptors (Lipinski definition) is 3. The third-order valence-corrected chi connectivity index (χ3v) is 6.04. The quantitative estimate of drug-likeness (QED) is 0.850. The van der Waals surface area contributed by atoms with Crippen molar-refractivity contribution in [2.45, 2.75) is 38.5 Å². The minimum atomic E-state index is -3.05. The Labute approximate surface area is 115 Å².